The molecule has 2 aromatic rings. The highest BCUT2D eigenvalue weighted by Gasteiger charge is 2.06. The van der Waals surface area contributed by atoms with Crippen molar-refractivity contribution >= 4 is 29.8 Å². The van der Waals surface area contributed by atoms with Crippen LogP contribution in [0.3, 0.4) is 0 Å². The summed E-state index contributed by atoms with van der Waals surface area (Å²) in [5.41, 5.74) is 2.58. The largest absolute Gasteiger partial charge is 0.494 e. The first-order valence-electron chi connectivity index (χ1n) is 8.92. The number of Topliss-reactive ketones (excluding diaryl/α,β-unsaturated/α-hetero) is 1. The normalized spacial score (nSPS) is 10.0. The molecule has 0 aliphatic rings. The van der Waals surface area contributed by atoms with Crippen LogP contribution in [0.4, 0.5) is 5.69 Å². The van der Waals surface area contributed by atoms with Gasteiger partial charge in [0.1, 0.15) is 5.75 Å². The Labute approximate surface area is 166 Å². The van der Waals surface area contributed by atoms with Gasteiger partial charge >= 0.3 is 0 Å². The van der Waals surface area contributed by atoms with E-state index in [-0.39, 0.29) is 24.1 Å². The van der Waals surface area contributed by atoms with Crippen LogP contribution in [0.1, 0.15) is 42.6 Å². The van der Waals surface area contributed by atoms with Crippen LogP contribution in [-0.4, -0.2) is 24.8 Å². The van der Waals surface area contributed by atoms with Crippen LogP contribution in [0.5, 0.6) is 5.75 Å². The molecule has 1 amide bonds. The molecule has 0 fully saturated rings. The molecule has 0 radical (unpaired) electrons. The molecule has 0 spiro atoms. The smallest absolute Gasteiger partial charge is 0.224 e. The first-order valence-corrected chi connectivity index (χ1v) is 8.92. The quantitative estimate of drug-likeness (QED) is 0.471. The molecular weight excluding hydrogens is 364 g/mol. The molecule has 0 aromatic heterocycles. The van der Waals surface area contributed by atoms with Gasteiger partial charge in [0.05, 0.1) is 6.61 Å². The van der Waals surface area contributed by atoms with Crippen molar-refractivity contribution in [3.8, 4) is 5.75 Å². The summed E-state index contributed by atoms with van der Waals surface area (Å²) in [4.78, 5) is 23.4. The molecule has 2 N–H and O–H groups in total. The molecule has 2 rings (SSSR count). The Bertz CT molecular complexity index is 732. The van der Waals surface area contributed by atoms with Crippen molar-refractivity contribution in [1.82, 2.24) is 5.32 Å². The number of para-hydroxylation sites is 1. The second kappa shape index (κ2) is 12.1. The highest BCUT2D eigenvalue weighted by molar-refractivity contribution is 5.94. The Hall–Kier alpha value is -2.37. The van der Waals surface area contributed by atoms with E-state index in [1.807, 2.05) is 24.3 Å². The Morgan fingerprint density at radius 1 is 1.04 bits per heavy atom. The number of carbonyl (C=O) groups is 2. The number of amides is 1. The van der Waals surface area contributed by atoms with Crippen molar-refractivity contribution < 1.29 is 14.3 Å². The molecule has 2 aromatic carbocycles. The van der Waals surface area contributed by atoms with Crippen molar-refractivity contribution in [2.24, 2.45) is 0 Å². The molecule has 6 heteroatoms. The van der Waals surface area contributed by atoms with Crippen LogP contribution in [0.25, 0.3) is 0 Å². The number of hydrogen-bond donors (Lipinski definition) is 2. The van der Waals surface area contributed by atoms with Crippen molar-refractivity contribution in [2.45, 2.75) is 33.2 Å². The highest BCUT2D eigenvalue weighted by Crippen LogP contribution is 2.16. The van der Waals surface area contributed by atoms with Gasteiger partial charge in [0.15, 0.2) is 5.78 Å². The van der Waals surface area contributed by atoms with Gasteiger partial charge in [-0.05, 0) is 55.8 Å². The van der Waals surface area contributed by atoms with Gasteiger partial charge in [-0.3, -0.25) is 9.59 Å². The van der Waals surface area contributed by atoms with Crippen molar-refractivity contribution in [2.75, 3.05) is 18.5 Å². The molecule has 0 heterocycles. The summed E-state index contributed by atoms with van der Waals surface area (Å²) in [6.07, 6.45) is 1.01. The molecule has 0 aliphatic carbocycles. The lowest BCUT2D eigenvalue weighted by atomic mass is 10.1. The van der Waals surface area contributed by atoms with Crippen molar-refractivity contribution in [1.29, 1.82) is 0 Å². The molecule has 146 valence electrons. The molecule has 0 saturated heterocycles. The van der Waals surface area contributed by atoms with E-state index < -0.39 is 0 Å². The third-order valence-corrected chi connectivity index (χ3v) is 3.93. The van der Waals surface area contributed by atoms with E-state index in [2.05, 4.69) is 17.6 Å². The summed E-state index contributed by atoms with van der Waals surface area (Å²) in [7, 11) is 0. The van der Waals surface area contributed by atoms with Gasteiger partial charge in [-0.15, -0.1) is 12.4 Å². The minimum absolute atomic E-state index is 0. The minimum Gasteiger partial charge on any atom is -0.494 e. The number of benzene rings is 2. The fourth-order valence-electron chi connectivity index (χ4n) is 2.48. The van der Waals surface area contributed by atoms with Crippen LogP contribution < -0.4 is 15.4 Å². The van der Waals surface area contributed by atoms with Crippen LogP contribution in [0, 0.1) is 0 Å². The highest BCUT2D eigenvalue weighted by atomic mass is 35.5. The summed E-state index contributed by atoms with van der Waals surface area (Å²) in [6.45, 7) is 5.64. The van der Waals surface area contributed by atoms with Gasteiger partial charge in [-0.2, -0.15) is 0 Å². The summed E-state index contributed by atoms with van der Waals surface area (Å²) < 4.78 is 5.62. The fraction of sp³-hybridized carbons (Fsp3) is 0.333. The predicted octanol–water partition coefficient (Wildman–Crippen LogP) is 4.22. The van der Waals surface area contributed by atoms with E-state index in [4.69, 9.17) is 4.74 Å². The number of anilines is 1. The van der Waals surface area contributed by atoms with E-state index in [0.29, 0.717) is 30.8 Å². The molecular formula is C21H27ClN2O3. The number of hydrogen-bond acceptors (Lipinski definition) is 4. The van der Waals surface area contributed by atoms with Crippen LogP contribution in [-0.2, 0) is 11.3 Å². The lowest BCUT2D eigenvalue weighted by Gasteiger charge is -2.11. The van der Waals surface area contributed by atoms with Crippen LogP contribution in [0.2, 0.25) is 0 Å². The molecule has 0 atom stereocenters. The van der Waals surface area contributed by atoms with E-state index in [0.717, 1.165) is 24.3 Å². The van der Waals surface area contributed by atoms with Gasteiger partial charge in [-0.1, -0.05) is 25.1 Å². The lowest BCUT2D eigenvalue weighted by Crippen LogP contribution is -2.17. The maximum absolute atomic E-state index is 12.1. The topological polar surface area (TPSA) is 67.4 Å². The molecule has 5 nitrogen and oxygen atoms in total. The summed E-state index contributed by atoms with van der Waals surface area (Å²) in [5, 5.41) is 6.23. The van der Waals surface area contributed by atoms with Gasteiger partial charge in [0, 0.05) is 24.2 Å². The number of ether oxygens (including phenoxy) is 1. The standard InChI is InChI=1S/C21H26N2O3.ClH/c1-3-22-15-18-7-4-5-8-20(18)23-21(25)9-6-14-26-19-12-10-17(11-13-19)16(2)24;/h4-5,7-8,10-13,22H,3,6,9,14-15H2,1-2H3,(H,23,25);1H. The predicted molar refractivity (Wildman–Crippen MR) is 111 cm³/mol. The Morgan fingerprint density at radius 3 is 2.41 bits per heavy atom. The summed E-state index contributed by atoms with van der Waals surface area (Å²) >= 11 is 0. The average Bonchev–Trinajstić information content (AvgIpc) is 2.65. The van der Waals surface area contributed by atoms with Crippen molar-refractivity contribution in [3.05, 3.63) is 59.7 Å². The van der Waals surface area contributed by atoms with E-state index in [1.54, 1.807) is 24.3 Å². The van der Waals surface area contributed by atoms with Crippen LogP contribution in [0.15, 0.2) is 48.5 Å². The second-order valence-electron chi connectivity index (χ2n) is 6.02. The monoisotopic (exact) mass is 390 g/mol. The molecule has 0 bridgehead atoms. The second-order valence-corrected chi connectivity index (χ2v) is 6.02. The van der Waals surface area contributed by atoms with Gasteiger partial charge in [0.2, 0.25) is 5.91 Å². The lowest BCUT2D eigenvalue weighted by molar-refractivity contribution is -0.116. The summed E-state index contributed by atoms with van der Waals surface area (Å²) in [6, 6.07) is 14.8. The molecule has 0 aliphatic heterocycles. The zero-order valence-corrected chi connectivity index (χ0v) is 16.6. The summed E-state index contributed by atoms with van der Waals surface area (Å²) in [5.74, 6) is 0.707. The van der Waals surface area contributed by atoms with Gasteiger partial charge in [-0.25, -0.2) is 0 Å². The number of carbonyl (C=O) groups excluding carboxylic acids is 2. The van der Waals surface area contributed by atoms with Crippen LogP contribution >= 0.6 is 12.4 Å². The number of ketones is 1. The first-order chi connectivity index (χ1) is 12.6. The Morgan fingerprint density at radius 2 is 1.74 bits per heavy atom. The number of halogens is 1. The third-order valence-electron chi connectivity index (χ3n) is 3.93. The van der Waals surface area contributed by atoms with E-state index in [1.165, 1.54) is 6.92 Å². The Balaban J connectivity index is 0.00000364. The third kappa shape index (κ3) is 7.81. The zero-order chi connectivity index (χ0) is 18.8. The zero-order valence-electron chi connectivity index (χ0n) is 15.8. The van der Waals surface area contributed by atoms with E-state index >= 15 is 0 Å². The number of rotatable bonds is 10. The minimum atomic E-state index is -0.0236. The SMILES string of the molecule is CCNCc1ccccc1NC(=O)CCCOc1ccc(C(C)=O)cc1.Cl. The molecule has 0 unspecified atom stereocenters. The number of nitrogens with one attached hydrogen (secondary N) is 2. The van der Waals surface area contributed by atoms with Gasteiger partial charge in [0.25, 0.3) is 0 Å². The van der Waals surface area contributed by atoms with E-state index in [9.17, 15) is 9.59 Å². The Kier molecular flexibility index (Phi) is 10.2. The first kappa shape index (κ1) is 22.7. The maximum Gasteiger partial charge on any atom is 0.224 e. The molecule has 0 saturated carbocycles. The molecule has 27 heavy (non-hydrogen) atoms. The fourth-order valence-corrected chi connectivity index (χ4v) is 2.48. The van der Waals surface area contributed by atoms with Gasteiger partial charge < -0.3 is 15.4 Å². The maximum atomic E-state index is 12.1. The average molecular weight is 391 g/mol. The van der Waals surface area contributed by atoms with Crippen molar-refractivity contribution in [3.63, 3.8) is 0 Å².